The fourth-order valence-corrected chi connectivity index (χ4v) is 3.18. The molecule has 3 aromatic rings. The van der Waals surface area contributed by atoms with Gasteiger partial charge < -0.3 is 10.8 Å². The van der Waals surface area contributed by atoms with E-state index in [2.05, 4.69) is 15.2 Å². The molecular formula is C13H10F3N5O2S. The zero-order valence-electron chi connectivity index (χ0n) is 12.4. The Labute approximate surface area is 136 Å². The molecule has 0 aliphatic rings. The number of thiophene rings is 1. The van der Waals surface area contributed by atoms with Gasteiger partial charge in [-0.2, -0.15) is 13.2 Å². The van der Waals surface area contributed by atoms with Crippen molar-refractivity contribution in [3.63, 3.8) is 0 Å². The van der Waals surface area contributed by atoms with Gasteiger partial charge in [-0.25, -0.2) is 9.98 Å². The third-order valence-electron chi connectivity index (χ3n) is 3.15. The first kappa shape index (κ1) is 16.2. The SMILES string of the molecule is Cc1cc(C(F)(F)F)nc2sc(/C([O-])=N/c3c[n+](C)no3)c(N)c12. The summed E-state index contributed by atoms with van der Waals surface area (Å²) in [5.74, 6) is -0.778. The third-order valence-corrected chi connectivity index (χ3v) is 4.24. The number of nitrogens with zero attached hydrogens (tertiary/aromatic N) is 4. The Bertz CT molecular complexity index is 961. The quantitative estimate of drug-likeness (QED) is 0.425. The molecule has 0 bridgehead atoms. The minimum absolute atomic E-state index is 0.000947. The number of fused-ring (bicyclic) bond motifs is 1. The van der Waals surface area contributed by atoms with Crippen LogP contribution in [0.1, 0.15) is 16.1 Å². The Morgan fingerprint density at radius 1 is 1.46 bits per heavy atom. The summed E-state index contributed by atoms with van der Waals surface area (Å²) >= 11 is 0.754. The van der Waals surface area contributed by atoms with E-state index in [1.807, 2.05) is 0 Å². The van der Waals surface area contributed by atoms with Crippen molar-refractivity contribution in [1.82, 2.24) is 10.3 Å². The van der Waals surface area contributed by atoms with Crippen LogP contribution < -0.4 is 15.5 Å². The smallest absolute Gasteiger partial charge is 0.433 e. The van der Waals surface area contributed by atoms with Gasteiger partial charge in [0.1, 0.15) is 10.5 Å². The molecule has 0 saturated heterocycles. The maximum Gasteiger partial charge on any atom is 0.433 e. The van der Waals surface area contributed by atoms with Crippen LogP contribution in [0.15, 0.2) is 21.8 Å². The second-order valence-corrected chi connectivity index (χ2v) is 5.98. The van der Waals surface area contributed by atoms with Crippen LogP contribution in [-0.4, -0.2) is 16.2 Å². The first-order valence-corrected chi connectivity index (χ1v) is 7.34. The molecule has 0 atom stereocenters. The van der Waals surface area contributed by atoms with E-state index < -0.39 is 17.8 Å². The number of anilines is 1. The van der Waals surface area contributed by atoms with Gasteiger partial charge in [-0.3, -0.25) is 4.52 Å². The summed E-state index contributed by atoms with van der Waals surface area (Å²) in [6.07, 6.45) is -3.21. The van der Waals surface area contributed by atoms with E-state index >= 15 is 0 Å². The molecule has 0 saturated carbocycles. The van der Waals surface area contributed by atoms with E-state index in [0.717, 1.165) is 17.4 Å². The molecule has 11 heteroatoms. The molecule has 0 fully saturated rings. The number of aryl methyl sites for hydroxylation is 2. The number of hydrogen-bond donors (Lipinski definition) is 1. The molecule has 0 unspecified atom stereocenters. The van der Waals surface area contributed by atoms with Gasteiger partial charge in [0.05, 0.1) is 10.6 Å². The highest BCUT2D eigenvalue weighted by Gasteiger charge is 2.33. The lowest BCUT2D eigenvalue weighted by Gasteiger charge is -2.08. The van der Waals surface area contributed by atoms with Crippen molar-refractivity contribution in [1.29, 1.82) is 0 Å². The number of halogens is 3. The molecule has 3 aromatic heterocycles. The molecule has 3 rings (SSSR count). The Balaban J connectivity index is 2.14. The predicted octanol–water partition coefficient (Wildman–Crippen LogP) is 1.46. The highest BCUT2D eigenvalue weighted by Crippen LogP contribution is 2.38. The van der Waals surface area contributed by atoms with E-state index in [1.54, 1.807) is 7.05 Å². The fourth-order valence-electron chi connectivity index (χ4n) is 2.13. The molecule has 2 N–H and O–H groups in total. The average Bonchev–Trinajstić information content (AvgIpc) is 3.02. The van der Waals surface area contributed by atoms with Crippen molar-refractivity contribution in [2.45, 2.75) is 13.1 Å². The molecule has 0 amide bonds. The molecule has 0 radical (unpaired) electrons. The number of nitrogens with two attached hydrogens (primary N) is 1. The Kier molecular flexibility index (Phi) is 3.67. The van der Waals surface area contributed by atoms with Gasteiger partial charge in [-0.05, 0) is 18.6 Å². The van der Waals surface area contributed by atoms with Gasteiger partial charge in [0.2, 0.25) is 0 Å². The largest absolute Gasteiger partial charge is 0.857 e. The minimum Gasteiger partial charge on any atom is -0.857 e. The van der Waals surface area contributed by atoms with Gasteiger partial charge in [0.15, 0.2) is 12.3 Å². The summed E-state index contributed by atoms with van der Waals surface area (Å²) in [6, 6.07) is 0.896. The lowest BCUT2D eigenvalue weighted by Crippen LogP contribution is -2.27. The number of pyridine rings is 1. The molecule has 126 valence electrons. The Morgan fingerprint density at radius 3 is 2.75 bits per heavy atom. The summed E-state index contributed by atoms with van der Waals surface area (Å²) in [7, 11) is 1.58. The van der Waals surface area contributed by atoms with Gasteiger partial charge in [-0.1, -0.05) is 4.68 Å². The average molecular weight is 357 g/mol. The molecule has 3 heterocycles. The van der Waals surface area contributed by atoms with Crippen molar-refractivity contribution in [3.05, 3.63) is 28.4 Å². The topological polar surface area (TPSA) is 104 Å². The van der Waals surface area contributed by atoms with Crippen LogP contribution in [-0.2, 0) is 13.2 Å². The zero-order valence-corrected chi connectivity index (χ0v) is 13.2. The molecule has 0 aliphatic carbocycles. The molecular weight excluding hydrogens is 347 g/mol. The lowest BCUT2D eigenvalue weighted by atomic mass is 10.1. The maximum atomic E-state index is 12.9. The standard InChI is InChI=1S/C13H10F3N5O2S/c1-5-3-6(13(14,15)16)18-12-8(5)9(17)10(24-12)11(22)19-7-4-21(2)20-23-7/h3-4H,1-2H3,(H2-,17,19,20,22). The first-order chi connectivity index (χ1) is 11.2. The monoisotopic (exact) mass is 357 g/mol. The van der Waals surface area contributed by atoms with E-state index in [9.17, 15) is 18.3 Å². The Morgan fingerprint density at radius 2 is 2.17 bits per heavy atom. The van der Waals surface area contributed by atoms with Crippen molar-refractivity contribution >= 4 is 39.0 Å². The summed E-state index contributed by atoms with van der Waals surface area (Å²) in [4.78, 5) is 7.29. The van der Waals surface area contributed by atoms with Crippen molar-refractivity contribution in [2.24, 2.45) is 12.0 Å². The number of nitrogen functional groups attached to an aromatic ring is 1. The first-order valence-electron chi connectivity index (χ1n) is 6.52. The summed E-state index contributed by atoms with van der Waals surface area (Å²) in [6.45, 7) is 1.48. The van der Waals surface area contributed by atoms with Crippen molar-refractivity contribution in [2.75, 3.05) is 5.73 Å². The fraction of sp³-hybridized carbons (Fsp3) is 0.231. The predicted molar refractivity (Wildman–Crippen MR) is 77.6 cm³/mol. The molecule has 0 spiro atoms. The van der Waals surface area contributed by atoms with Crippen molar-refractivity contribution in [3.8, 4) is 0 Å². The normalized spacial score (nSPS) is 13.0. The van der Waals surface area contributed by atoms with E-state index in [4.69, 9.17) is 10.3 Å². The van der Waals surface area contributed by atoms with Crippen molar-refractivity contribution < 1.29 is 27.5 Å². The van der Waals surface area contributed by atoms with E-state index in [-0.39, 0.29) is 26.8 Å². The van der Waals surface area contributed by atoms with Crippen LogP contribution >= 0.6 is 11.3 Å². The molecule has 0 aliphatic heterocycles. The number of aliphatic imine (C=N–C) groups is 1. The second-order valence-electron chi connectivity index (χ2n) is 4.98. The van der Waals surface area contributed by atoms with Crippen LogP contribution in [0, 0.1) is 6.92 Å². The van der Waals surface area contributed by atoms with Gasteiger partial charge in [0.25, 0.3) is 6.20 Å². The number of rotatable bonds is 2. The minimum atomic E-state index is -4.58. The molecule has 0 aromatic carbocycles. The van der Waals surface area contributed by atoms with Crippen LogP contribution in [0.5, 0.6) is 0 Å². The number of hydrogen-bond acceptors (Lipinski definition) is 7. The van der Waals surface area contributed by atoms with E-state index in [0.29, 0.717) is 5.39 Å². The lowest BCUT2D eigenvalue weighted by molar-refractivity contribution is -0.739. The molecule has 24 heavy (non-hydrogen) atoms. The number of alkyl halides is 3. The van der Waals surface area contributed by atoms with Gasteiger partial charge in [0, 0.05) is 11.3 Å². The summed E-state index contributed by atoms with van der Waals surface area (Å²) in [5, 5.41) is 16.0. The van der Waals surface area contributed by atoms with Crippen LogP contribution in [0.25, 0.3) is 10.2 Å². The van der Waals surface area contributed by atoms with Crippen LogP contribution in [0.3, 0.4) is 0 Å². The molecule has 7 nitrogen and oxygen atoms in total. The zero-order chi connectivity index (χ0) is 17.6. The van der Waals surface area contributed by atoms with Crippen LogP contribution in [0.4, 0.5) is 24.7 Å². The highest BCUT2D eigenvalue weighted by molar-refractivity contribution is 7.21. The van der Waals surface area contributed by atoms with Gasteiger partial charge in [-0.15, -0.1) is 11.3 Å². The second kappa shape index (κ2) is 5.44. The van der Waals surface area contributed by atoms with E-state index in [1.165, 1.54) is 17.8 Å². The van der Waals surface area contributed by atoms with Crippen LogP contribution in [0.2, 0.25) is 0 Å². The Hall–Kier alpha value is -2.69. The maximum absolute atomic E-state index is 12.9. The summed E-state index contributed by atoms with van der Waals surface area (Å²) in [5.41, 5.74) is 5.21. The third kappa shape index (κ3) is 2.77. The number of aromatic nitrogens is 3. The highest BCUT2D eigenvalue weighted by atomic mass is 32.1. The summed E-state index contributed by atoms with van der Waals surface area (Å²) < 4.78 is 44.7. The van der Waals surface area contributed by atoms with Gasteiger partial charge >= 0.3 is 12.1 Å².